The second kappa shape index (κ2) is 3.17. The molecule has 0 bridgehead atoms. The van der Waals surface area contributed by atoms with Crippen molar-refractivity contribution in [2.24, 2.45) is 0 Å². The summed E-state index contributed by atoms with van der Waals surface area (Å²) in [6.07, 6.45) is 1.08. The van der Waals surface area contributed by atoms with E-state index in [1.807, 2.05) is 4.90 Å². The van der Waals surface area contributed by atoms with Gasteiger partial charge in [0.1, 0.15) is 0 Å². The Balaban J connectivity index is 2.20. The van der Waals surface area contributed by atoms with Crippen LogP contribution in [0.5, 0.6) is 0 Å². The summed E-state index contributed by atoms with van der Waals surface area (Å²) in [5.74, 6) is 0.984. The van der Waals surface area contributed by atoms with Crippen LogP contribution < -0.4 is 5.32 Å². The summed E-state index contributed by atoms with van der Waals surface area (Å²) >= 11 is 1.78. The van der Waals surface area contributed by atoms with Gasteiger partial charge in [-0.1, -0.05) is 6.92 Å². The summed E-state index contributed by atoms with van der Waals surface area (Å²) in [6, 6.07) is 0. The van der Waals surface area contributed by atoms with Gasteiger partial charge in [-0.25, -0.2) is 0 Å². The lowest BCUT2D eigenvalue weighted by Crippen LogP contribution is -2.62. The quantitative estimate of drug-likeness (QED) is 0.675. The topological polar surface area (TPSA) is 32.3 Å². The molecule has 2 fully saturated rings. The monoisotopic (exact) mass is 200 g/mol. The van der Waals surface area contributed by atoms with Crippen LogP contribution in [0, 0.1) is 0 Å². The number of rotatable bonds is 1. The molecule has 1 N–H and O–H groups in total. The van der Waals surface area contributed by atoms with Gasteiger partial charge < -0.3 is 10.2 Å². The Labute approximate surface area is 83.2 Å². The van der Waals surface area contributed by atoms with Crippen LogP contribution in [-0.2, 0) is 4.79 Å². The van der Waals surface area contributed by atoms with Crippen molar-refractivity contribution in [3.8, 4) is 0 Å². The van der Waals surface area contributed by atoms with Gasteiger partial charge in [0.2, 0.25) is 5.91 Å². The van der Waals surface area contributed by atoms with Crippen molar-refractivity contribution in [1.29, 1.82) is 0 Å². The molecular formula is C9H16N2OS. The van der Waals surface area contributed by atoms with Crippen LogP contribution in [0.4, 0.5) is 0 Å². The van der Waals surface area contributed by atoms with E-state index in [2.05, 4.69) is 19.2 Å². The lowest BCUT2D eigenvalue weighted by Gasteiger charge is -2.44. The molecule has 74 valence electrons. The Bertz CT molecular complexity index is 234. The van der Waals surface area contributed by atoms with Gasteiger partial charge in [-0.05, 0) is 13.3 Å². The maximum Gasteiger partial charge on any atom is 0.233 e. The number of nitrogens with one attached hydrogen (secondary N) is 1. The zero-order valence-electron chi connectivity index (χ0n) is 8.17. The smallest absolute Gasteiger partial charge is 0.233 e. The molecule has 0 saturated carbocycles. The van der Waals surface area contributed by atoms with E-state index in [0.29, 0.717) is 17.0 Å². The number of piperazine rings is 1. The van der Waals surface area contributed by atoms with Crippen molar-refractivity contribution >= 4 is 17.7 Å². The molecule has 2 heterocycles. The molecule has 3 nitrogen and oxygen atoms in total. The van der Waals surface area contributed by atoms with Crippen molar-refractivity contribution in [3.05, 3.63) is 0 Å². The molecular weight excluding hydrogens is 184 g/mol. The normalized spacial score (nSPS) is 39.4. The fourth-order valence-corrected chi connectivity index (χ4v) is 3.56. The van der Waals surface area contributed by atoms with Gasteiger partial charge in [0.25, 0.3) is 0 Å². The molecule has 0 aromatic rings. The van der Waals surface area contributed by atoms with Crippen LogP contribution in [-0.4, -0.2) is 40.6 Å². The highest BCUT2D eigenvalue weighted by Crippen LogP contribution is 2.36. The molecule has 2 aliphatic heterocycles. The van der Waals surface area contributed by atoms with E-state index >= 15 is 0 Å². The molecule has 0 unspecified atom stereocenters. The highest BCUT2D eigenvalue weighted by Gasteiger charge is 2.45. The first-order valence-corrected chi connectivity index (χ1v) is 5.88. The lowest BCUT2D eigenvalue weighted by molar-refractivity contribution is -0.130. The van der Waals surface area contributed by atoms with E-state index < -0.39 is 0 Å². The number of hydrogen-bond acceptors (Lipinski definition) is 3. The van der Waals surface area contributed by atoms with Gasteiger partial charge in [-0.15, -0.1) is 11.8 Å². The largest absolute Gasteiger partial charge is 0.327 e. The molecule has 0 aromatic carbocycles. The Kier molecular flexibility index (Phi) is 2.28. The average molecular weight is 200 g/mol. The van der Waals surface area contributed by atoms with E-state index in [4.69, 9.17) is 0 Å². The molecule has 0 aliphatic carbocycles. The zero-order chi connectivity index (χ0) is 9.47. The molecule has 2 atom stereocenters. The van der Waals surface area contributed by atoms with Gasteiger partial charge in [0.15, 0.2) is 0 Å². The number of nitrogens with zero attached hydrogens (tertiary/aromatic N) is 1. The molecule has 2 rings (SSSR count). The maximum absolute atomic E-state index is 11.5. The lowest BCUT2D eigenvalue weighted by atomic mass is 9.95. The number of hydrogen-bond donors (Lipinski definition) is 1. The summed E-state index contributed by atoms with van der Waals surface area (Å²) < 4.78 is 0. The van der Waals surface area contributed by atoms with Crippen LogP contribution in [0.15, 0.2) is 0 Å². The summed E-state index contributed by atoms with van der Waals surface area (Å²) in [7, 11) is 0. The minimum atomic E-state index is 0.120. The highest BCUT2D eigenvalue weighted by molar-refractivity contribution is 8.01. The number of carbonyl (C=O) groups excluding carboxylic acids is 1. The Morgan fingerprint density at radius 3 is 3.23 bits per heavy atom. The van der Waals surface area contributed by atoms with Crippen LogP contribution in [0.3, 0.4) is 0 Å². The van der Waals surface area contributed by atoms with E-state index in [0.717, 1.165) is 19.5 Å². The van der Waals surface area contributed by atoms with Gasteiger partial charge in [0.05, 0.1) is 11.1 Å². The number of fused-ring (bicyclic) bond motifs is 1. The van der Waals surface area contributed by atoms with E-state index in [-0.39, 0.29) is 5.54 Å². The fraction of sp³-hybridized carbons (Fsp3) is 0.889. The highest BCUT2D eigenvalue weighted by atomic mass is 32.2. The van der Waals surface area contributed by atoms with Gasteiger partial charge in [-0.2, -0.15) is 0 Å². The Morgan fingerprint density at radius 1 is 1.77 bits per heavy atom. The molecule has 13 heavy (non-hydrogen) atoms. The Morgan fingerprint density at radius 2 is 2.54 bits per heavy atom. The predicted molar refractivity (Wildman–Crippen MR) is 54.7 cm³/mol. The summed E-state index contributed by atoms with van der Waals surface area (Å²) in [5.41, 5.74) is 0.120. The van der Waals surface area contributed by atoms with E-state index in [1.165, 1.54) is 0 Å². The number of amides is 1. The summed E-state index contributed by atoms with van der Waals surface area (Å²) in [5, 5.41) is 3.88. The maximum atomic E-state index is 11.5. The third-order valence-corrected chi connectivity index (χ3v) is 4.63. The molecule has 0 aromatic heterocycles. The molecule has 0 radical (unpaired) electrons. The van der Waals surface area contributed by atoms with Crippen LogP contribution in [0.2, 0.25) is 0 Å². The average Bonchev–Trinajstić information content (AvgIpc) is 2.50. The van der Waals surface area contributed by atoms with Crippen LogP contribution in [0.25, 0.3) is 0 Å². The van der Waals surface area contributed by atoms with Crippen LogP contribution >= 0.6 is 11.8 Å². The SMILES string of the molecule is CC[C@@]1(C)NCCN2C(=O)CS[C@H]21. The molecule has 2 aliphatic rings. The van der Waals surface area contributed by atoms with Crippen molar-refractivity contribution in [3.63, 3.8) is 0 Å². The van der Waals surface area contributed by atoms with Gasteiger partial charge in [0, 0.05) is 18.6 Å². The third kappa shape index (κ3) is 1.36. The van der Waals surface area contributed by atoms with Crippen LogP contribution in [0.1, 0.15) is 20.3 Å². The molecule has 2 saturated heterocycles. The van der Waals surface area contributed by atoms with E-state index in [1.54, 1.807) is 11.8 Å². The van der Waals surface area contributed by atoms with E-state index in [9.17, 15) is 4.79 Å². The zero-order valence-corrected chi connectivity index (χ0v) is 8.99. The Hall–Kier alpha value is -0.220. The molecule has 1 amide bonds. The predicted octanol–water partition coefficient (Wildman–Crippen LogP) is 0.660. The van der Waals surface area contributed by atoms with Gasteiger partial charge in [-0.3, -0.25) is 4.79 Å². The standard InChI is InChI=1S/C9H16N2OS/c1-3-9(2)8-11(5-4-10-9)7(12)6-13-8/h8,10H,3-6H2,1-2H3/t8-,9+/m0/s1. The van der Waals surface area contributed by atoms with Crippen molar-refractivity contribution in [2.45, 2.75) is 31.2 Å². The number of carbonyl (C=O) groups is 1. The summed E-state index contributed by atoms with van der Waals surface area (Å²) in [6.45, 7) is 6.22. The second-order valence-electron chi connectivity index (χ2n) is 3.95. The minimum Gasteiger partial charge on any atom is -0.327 e. The van der Waals surface area contributed by atoms with Crippen molar-refractivity contribution < 1.29 is 4.79 Å². The molecule has 4 heteroatoms. The first-order valence-electron chi connectivity index (χ1n) is 4.83. The minimum absolute atomic E-state index is 0.120. The fourth-order valence-electron chi connectivity index (χ4n) is 2.07. The van der Waals surface area contributed by atoms with Crippen molar-refractivity contribution in [1.82, 2.24) is 10.2 Å². The molecule has 0 spiro atoms. The van der Waals surface area contributed by atoms with Crippen molar-refractivity contribution in [2.75, 3.05) is 18.8 Å². The first-order chi connectivity index (χ1) is 6.17. The first kappa shape index (κ1) is 9.34. The van der Waals surface area contributed by atoms with Gasteiger partial charge >= 0.3 is 0 Å². The number of thioether (sulfide) groups is 1. The third-order valence-electron chi connectivity index (χ3n) is 3.13. The second-order valence-corrected chi connectivity index (χ2v) is 5.02. The summed E-state index contributed by atoms with van der Waals surface area (Å²) in [4.78, 5) is 13.5.